The predicted octanol–water partition coefficient (Wildman–Crippen LogP) is 4.81. The van der Waals surface area contributed by atoms with E-state index in [1.807, 2.05) is 0 Å². The van der Waals surface area contributed by atoms with Gasteiger partial charge in [0.05, 0.1) is 17.6 Å². The highest BCUT2D eigenvalue weighted by atomic mass is 35.5. The van der Waals surface area contributed by atoms with E-state index < -0.39 is 31.3 Å². The second-order valence-electron chi connectivity index (χ2n) is 8.47. The molecule has 0 bridgehead atoms. The number of carbonyl (C=O) groups is 2. The number of aromatic nitrogens is 2. The number of benzene rings is 2. The minimum atomic E-state index is -4.51. The third kappa shape index (κ3) is 6.12. The number of H-pyrrole nitrogens is 1. The molecule has 186 valence electrons. The van der Waals surface area contributed by atoms with Gasteiger partial charge in [-0.3, -0.25) is 9.59 Å². The summed E-state index contributed by atoms with van der Waals surface area (Å²) in [5.74, 6) is -0.381. The molecule has 1 unspecified atom stereocenters. The molecule has 2 amide bonds. The summed E-state index contributed by atoms with van der Waals surface area (Å²) in [6, 6.07) is 8.65. The molecule has 2 heterocycles. The van der Waals surface area contributed by atoms with Gasteiger partial charge in [-0.2, -0.15) is 13.2 Å². The standard InChI is InChI=1S/C24H24ClF3N4O3/c1-14-10-15(4-6-17(14)23(34)32-8-2-3-9-32)22(33)31-20(12-35-13-24(26,27)28)21-29-18-7-5-16(25)11-19(18)30-21/h4-7,10-11,20H,2-3,8-9,12-13H2,1H3,(H,29,30)(H,31,33). The molecule has 1 aliphatic rings. The number of alkyl halides is 3. The topological polar surface area (TPSA) is 87.3 Å². The van der Waals surface area contributed by atoms with E-state index >= 15 is 0 Å². The van der Waals surface area contributed by atoms with Crippen LogP contribution < -0.4 is 5.32 Å². The third-order valence-electron chi connectivity index (χ3n) is 5.76. The number of amides is 2. The van der Waals surface area contributed by atoms with Crippen molar-refractivity contribution in [3.63, 3.8) is 0 Å². The summed E-state index contributed by atoms with van der Waals surface area (Å²) in [6.45, 7) is 1.25. The number of hydrogen-bond acceptors (Lipinski definition) is 4. The quantitative estimate of drug-likeness (QED) is 0.479. The lowest BCUT2D eigenvalue weighted by Crippen LogP contribution is -2.33. The Morgan fingerprint density at radius 1 is 1.20 bits per heavy atom. The van der Waals surface area contributed by atoms with Crippen LogP contribution in [0, 0.1) is 6.92 Å². The second kappa shape index (κ2) is 10.2. The van der Waals surface area contributed by atoms with Gasteiger partial charge in [-0.1, -0.05) is 11.6 Å². The van der Waals surface area contributed by atoms with Crippen LogP contribution in [0.3, 0.4) is 0 Å². The Labute approximate surface area is 204 Å². The van der Waals surface area contributed by atoms with E-state index in [4.69, 9.17) is 16.3 Å². The molecule has 0 aliphatic carbocycles. The van der Waals surface area contributed by atoms with Crippen molar-refractivity contribution in [2.45, 2.75) is 32.0 Å². The lowest BCUT2D eigenvalue weighted by Gasteiger charge is -2.19. The van der Waals surface area contributed by atoms with Crippen molar-refractivity contribution in [1.82, 2.24) is 20.2 Å². The first-order valence-electron chi connectivity index (χ1n) is 11.1. The smallest absolute Gasteiger partial charge is 0.369 e. The highest BCUT2D eigenvalue weighted by Crippen LogP contribution is 2.23. The van der Waals surface area contributed by atoms with Crippen LogP contribution >= 0.6 is 11.6 Å². The van der Waals surface area contributed by atoms with Crippen molar-refractivity contribution in [3.05, 3.63) is 63.9 Å². The first-order chi connectivity index (χ1) is 16.6. The molecule has 0 saturated carbocycles. The van der Waals surface area contributed by atoms with Gasteiger partial charge in [0.15, 0.2) is 0 Å². The SMILES string of the molecule is Cc1cc(C(=O)NC(COCC(F)(F)F)c2nc3ccc(Cl)cc3[nH]2)ccc1C(=O)N1CCCC1. The molecule has 35 heavy (non-hydrogen) atoms. The summed E-state index contributed by atoms with van der Waals surface area (Å²) in [7, 11) is 0. The lowest BCUT2D eigenvalue weighted by molar-refractivity contribution is -0.175. The second-order valence-corrected chi connectivity index (χ2v) is 8.91. The number of halogens is 4. The van der Waals surface area contributed by atoms with E-state index in [1.165, 1.54) is 6.07 Å². The molecule has 0 radical (unpaired) electrons. The van der Waals surface area contributed by atoms with Gasteiger partial charge in [-0.15, -0.1) is 0 Å². The van der Waals surface area contributed by atoms with Crippen LogP contribution in [-0.4, -0.2) is 59.2 Å². The largest absolute Gasteiger partial charge is 0.411 e. The monoisotopic (exact) mass is 508 g/mol. The number of fused-ring (bicyclic) bond motifs is 1. The molecule has 4 rings (SSSR count). The highest BCUT2D eigenvalue weighted by molar-refractivity contribution is 6.31. The van der Waals surface area contributed by atoms with Gasteiger partial charge in [0.25, 0.3) is 11.8 Å². The Morgan fingerprint density at radius 2 is 1.94 bits per heavy atom. The zero-order valence-electron chi connectivity index (χ0n) is 18.9. The first kappa shape index (κ1) is 25.0. The molecule has 11 heteroatoms. The van der Waals surface area contributed by atoms with Crippen LogP contribution in [0.5, 0.6) is 0 Å². The van der Waals surface area contributed by atoms with Crippen LogP contribution in [0.4, 0.5) is 13.2 Å². The van der Waals surface area contributed by atoms with Gasteiger partial charge in [-0.05, 0) is 61.7 Å². The first-order valence-corrected chi connectivity index (χ1v) is 11.5. The van der Waals surface area contributed by atoms with Gasteiger partial charge in [-0.25, -0.2) is 4.98 Å². The summed E-state index contributed by atoms with van der Waals surface area (Å²) in [5.41, 5.74) is 2.53. The molecular formula is C24H24ClF3N4O3. The molecule has 1 aliphatic heterocycles. The predicted molar refractivity (Wildman–Crippen MR) is 125 cm³/mol. The molecule has 2 N–H and O–H groups in total. The van der Waals surface area contributed by atoms with Crippen LogP contribution in [0.25, 0.3) is 11.0 Å². The van der Waals surface area contributed by atoms with Crippen LogP contribution in [0.2, 0.25) is 5.02 Å². The third-order valence-corrected chi connectivity index (χ3v) is 6.00. The van der Waals surface area contributed by atoms with E-state index in [0.29, 0.717) is 40.3 Å². The minimum absolute atomic E-state index is 0.0775. The van der Waals surface area contributed by atoms with E-state index in [0.717, 1.165) is 12.8 Å². The number of likely N-dealkylation sites (tertiary alicyclic amines) is 1. The number of carbonyl (C=O) groups excluding carboxylic acids is 2. The molecular weight excluding hydrogens is 485 g/mol. The average Bonchev–Trinajstić information content (AvgIpc) is 3.47. The molecule has 0 spiro atoms. The van der Waals surface area contributed by atoms with Crippen molar-refractivity contribution in [2.24, 2.45) is 0 Å². The van der Waals surface area contributed by atoms with Crippen molar-refractivity contribution in [2.75, 3.05) is 26.3 Å². The highest BCUT2D eigenvalue weighted by Gasteiger charge is 2.29. The number of imidazole rings is 1. The summed E-state index contributed by atoms with van der Waals surface area (Å²) >= 11 is 6.00. The number of hydrogen-bond donors (Lipinski definition) is 2. The maximum absolute atomic E-state index is 13.0. The van der Waals surface area contributed by atoms with Crippen LogP contribution in [-0.2, 0) is 4.74 Å². The fourth-order valence-electron chi connectivity index (χ4n) is 4.03. The van der Waals surface area contributed by atoms with Crippen LogP contribution in [0.1, 0.15) is 51.0 Å². The Hall–Kier alpha value is -3.11. The van der Waals surface area contributed by atoms with Crippen molar-refractivity contribution < 1.29 is 27.5 Å². The molecule has 7 nitrogen and oxygen atoms in total. The Balaban J connectivity index is 1.53. The number of aromatic amines is 1. The molecule has 2 aromatic carbocycles. The zero-order valence-corrected chi connectivity index (χ0v) is 19.7. The van der Waals surface area contributed by atoms with Gasteiger partial charge in [0.1, 0.15) is 18.5 Å². The zero-order chi connectivity index (χ0) is 25.2. The number of aryl methyl sites for hydroxylation is 1. The van der Waals surface area contributed by atoms with Gasteiger partial charge in [0.2, 0.25) is 0 Å². The maximum Gasteiger partial charge on any atom is 0.411 e. The molecule has 1 atom stereocenters. The van der Waals surface area contributed by atoms with E-state index in [9.17, 15) is 22.8 Å². The number of nitrogens with zero attached hydrogens (tertiary/aromatic N) is 2. The fourth-order valence-corrected chi connectivity index (χ4v) is 4.20. The van der Waals surface area contributed by atoms with E-state index in [1.54, 1.807) is 42.2 Å². The van der Waals surface area contributed by atoms with E-state index in [2.05, 4.69) is 15.3 Å². The van der Waals surface area contributed by atoms with Crippen molar-refractivity contribution in [3.8, 4) is 0 Å². The van der Waals surface area contributed by atoms with Crippen molar-refractivity contribution >= 4 is 34.4 Å². The lowest BCUT2D eigenvalue weighted by atomic mass is 10.0. The summed E-state index contributed by atoms with van der Waals surface area (Å²) < 4.78 is 42.7. The minimum Gasteiger partial charge on any atom is -0.369 e. The number of rotatable bonds is 7. The van der Waals surface area contributed by atoms with Gasteiger partial charge < -0.3 is 19.9 Å². The average molecular weight is 509 g/mol. The Morgan fingerprint density at radius 3 is 2.63 bits per heavy atom. The fraction of sp³-hybridized carbons (Fsp3) is 0.375. The molecule has 1 fully saturated rings. The summed E-state index contributed by atoms with van der Waals surface area (Å²) in [4.78, 5) is 34.9. The Bertz CT molecular complexity index is 1240. The van der Waals surface area contributed by atoms with E-state index in [-0.39, 0.29) is 17.3 Å². The normalized spacial score (nSPS) is 14.9. The summed E-state index contributed by atoms with van der Waals surface area (Å²) in [6.07, 6.45) is -2.57. The van der Waals surface area contributed by atoms with Crippen molar-refractivity contribution in [1.29, 1.82) is 0 Å². The molecule has 1 saturated heterocycles. The maximum atomic E-state index is 13.0. The van der Waals surface area contributed by atoms with Gasteiger partial charge in [0, 0.05) is 29.2 Å². The number of ether oxygens (including phenoxy) is 1. The van der Waals surface area contributed by atoms with Crippen LogP contribution in [0.15, 0.2) is 36.4 Å². The molecule has 3 aromatic rings. The Kier molecular flexibility index (Phi) is 7.32. The summed E-state index contributed by atoms with van der Waals surface area (Å²) in [5, 5.41) is 3.15. The number of nitrogens with one attached hydrogen (secondary N) is 2. The molecule has 1 aromatic heterocycles. The van der Waals surface area contributed by atoms with Gasteiger partial charge >= 0.3 is 6.18 Å².